The molecule has 1 atom stereocenters. The molecule has 1 saturated carbocycles. The highest BCUT2D eigenvalue weighted by atomic mass is 19.4. The maximum Gasteiger partial charge on any atom is 0.408 e. The highest BCUT2D eigenvalue weighted by Gasteiger charge is 2.34. The Labute approximate surface area is 230 Å². The van der Waals surface area contributed by atoms with E-state index in [4.69, 9.17) is 9.47 Å². The van der Waals surface area contributed by atoms with Crippen molar-refractivity contribution >= 4 is 11.7 Å². The van der Waals surface area contributed by atoms with E-state index in [-0.39, 0.29) is 12.3 Å². The highest BCUT2D eigenvalue weighted by molar-refractivity contribution is 5.79. The number of benzene rings is 1. The molecule has 1 aromatic carbocycles. The van der Waals surface area contributed by atoms with E-state index in [1.54, 1.807) is 19.4 Å². The average Bonchev–Trinajstić information content (AvgIpc) is 3.68. The van der Waals surface area contributed by atoms with Gasteiger partial charge in [-0.2, -0.15) is 18.3 Å². The van der Waals surface area contributed by atoms with Crippen LogP contribution in [0.15, 0.2) is 48.9 Å². The number of alkyl halides is 3. The number of aliphatic carboxylic acids is 1. The molecule has 1 unspecified atom stereocenters. The Hall–Kier alpha value is -3.76. The van der Waals surface area contributed by atoms with Crippen molar-refractivity contribution in [1.82, 2.24) is 14.8 Å². The lowest BCUT2D eigenvalue weighted by Gasteiger charge is -2.34. The summed E-state index contributed by atoms with van der Waals surface area (Å²) in [5.74, 6) is 1.10. The Balaban J connectivity index is 1.22. The standard InChI is InChI=1S/C29H33F3N4O4/c1-39-23-4-5-24(22-15-34-36(16-22)18-29(30,31)32)26(13-23)35-10-7-19(8-11-35)17-40-27-12-21(6-9-33-27)25(14-28(37)38)20-2-3-20/h4-6,9,12-13,15-16,19-20,25H,2-3,7-8,10-11,14,17-18H2,1H3,(H,37,38). The third-order valence-corrected chi connectivity index (χ3v) is 7.69. The van der Waals surface area contributed by atoms with E-state index in [2.05, 4.69) is 15.0 Å². The number of carboxylic acids is 1. The van der Waals surface area contributed by atoms with Crippen LogP contribution in [0.3, 0.4) is 0 Å². The van der Waals surface area contributed by atoms with Crippen LogP contribution in [0.25, 0.3) is 11.1 Å². The number of nitrogens with zero attached hydrogens (tertiary/aromatic N) is 4. The Morgan fingerprint density at radius 1 is 1.15 bits per heavy atom. The summed E-state index contributed by atoms with van der Waals surface area (Å²) in [6.45, 7) is 0.871. The molecule has 1 aliphatic heterocycles. The Morgan fingerprint density at radius 2 is 1.93 bits per heavy atom. The minimum Gasteiger partial charge on any atom is -0.497 e. The first-order valence-electron chi connectivity index (χ1n) is 13.5. The summed E-state index contributed by atoms with van der Waals surface area (Å²) in [5, 5.41) is 13.2. The second kappa shape index (κ2) is 11.8. The number of pyridine rings is 1. The molecular weight excluding hydrogens is 525 g/mol. The number of rotatable bonds is 11. The largest absolute Gasteiger partial charge is 0.497 e. The fourth-order valence-corrected chi connectivity index (χ4v) is 5.44. The van der Waals surface area contributed by atoms with E-state index >= 15 is 0 Å². The van der Waals surface area contributed by atoms with Gasteiger partial charge in [0.2, 0.25) is 5.88 Å². The van der Waals surface area contributed by atoms with Gasteiger partial charge in [-0.15, -0.1) is 0 Å². The van der Waals surface area contributed by atoms with E-state index < -0.39 is 18.7 Å². The third kappa shape index (κ3) is 7.05. The molecule has 1 aliphatic carbocycles. The van der Waals surface area contributed by atoms with Crippen molar-refractivity contribution in [1.29, 1.82) is 0 Å². The van der Waals surface area contributed by atoms with Crippen molar-refractivity contribution < 1.29 is 32.5 Å². The number of halogens is 3. The van der Waals surface area contributed by atoms with Gasteiger partial charge in [-0.3, -0.25) is 9.48 Å². The van der Waals surface area contributed by atoms with Crippen LogP contribution in [0.5, 0.6) is 11.6 Å². The normalized spacial score (nSPS) is 17.1. The number of hydrogen-bond donors (Lipinski definition) is 1. The number of carboxylic acid groups (broad SMARTS) is 1. The van der Waals surface area contributed by atoms with Crippen molar-refractivity contribution in [2.45, 2.75) is 50.7 Å². The van der Waals surface area contributed by atoms with Crippen molar-refractivity contribution in [3.05, 3.63) is 54.5 Å². The van der Waals surface area contributed by atoms with Gasteiger partial charge in [-0.1, -0.05) is 0 Å². The Bertz CT molecular complexity index is 1320. The smallest absolute Gasteiger partial charge is 0.408 e. The molecule has 214 valence electrons. The van der Waals surface area contributed by atoms with Crippen molar-refractivity contribution in [3.63, 3.8) is 0 Å². The number of ether oxygens (including phenoxy) is 2. The van der Waals surface area contributed by atoms with E-state index in [0.717, 1.165) is 60.3 Å². The number of hydrogen-bond acceptors (Lipinski definition) is 6. The number of aromatic nitrogens is 3. The molecule has 8 nitrogen and oxygen atoms in total. The van der Waals surface area contributed by atoms with Gasteiger partial charge < -0.3 is 19.5 Å². The van der Waals surface area contributed by atoms with Crippen LogP contribution in [-0.2, 0) is 11.3 Å². The van der Waals surface area contributed by atoms with E-state index in [9.17, 15) is 23.1 Å². The molecule has 0 spiro atoms. The van der Waals surface area contributed by atoms with Gasteiger partial charge in [0.05, 0.1) is 26.3 Å². The summed E-state index contributed by atoms with van der Waals surface area (Å²) in [5.41, 5.74) is 3.28. The lowest BCUT2D eigenvalue weighted by atomic mass is 9.92. The van der Waals surface area contributed by atoms with Crippen LogP contribution < -0.4 is 14.4 Å². The van der Waals surface area contributed by atoms with Gasteiger partial charge >= 0.3 is 12.1 Å². The number of piperidine rings is 1. The van der Waals surface area contributed by atoms with Crippen molar-refractivity contribution in [2.75, 3.05) is 31.7 Å². The Morgan fingerprint density at radius 3 is 2.60 bits per heavy atom. The van der Waals surface area contributed by atoms with Crippen LogP contribution >= 0.6 is 0 Å². The maximum absolute atomic E-state index is 12.8. The minimum atomic E-state index is -4.34. The van der Waals surface area contributed by atoms with Crippen LogP contribution in [0.2, 0.25) is 0 Å². The highest BCUT2D eigenvalue weighted by Crippen LogP contribution is 2.45. The van der Waals surface area contributed by atoms with Gasteiger partial charge in [-0.05, 0) is 67.2 Å². The third-order valence-electron chi connectivity index (χ3n) is 7.69. The molecule has 5 rings (SSSR count). The monoisotopic (exact) mass is 558 g/mol. The molecule has 2 aromatic heterocycles. The summed E-state index contributed by atoms with van der Waals surface area (Å²) in [6.07, 6.45) is 4.19. The first-order valence-corrected chi connectivity index (χ1v) is 13.5. The van der Waals surface area contributed by atoms with Crippen LogP contribution in [0, 0.1) is 11.8 Å². The van der Waals surface area contributed by atoms with E-state index in [0.29, 0.717) is 35.6 Å². The number of anilines is 1. The summed E-state index contributed by atoms with van der Waals surface area (Å²) in [6, 6.07) is 9.33. The molecule has 0 bridgehead atoms. The zero-order valence-corrected chi connectivity index (χ0v) is 22.3. The quantitative estimate of drug-likeness (QED) is 0.319. The second-order valence-electron chi connectivity index (χ2n) is 10.6. The molecule has 2 fully saturated rings. The van der Waals surface area contributed by atoms with Crippen LogP contribution in [0.1, 0.15) is 43.6 Å². The number of methoxy groups -OCH3 is 1. The van der Waals surface area contributed by atoms with Gasteiger partial charge in [-0.25, -0.2) is 4.98 Å². The van der Waals surface area contributed by atoms with Crippen LogP contribution in [0.4, 0.5) is 18.9 Å². The molecule has 11 heteroatoms. The van der Waals surface area contributed by atoms with Gasteiger partial charge in [0.1, 0.15) is 12.3 Å². The first kappa shape index (κ1) is 27.8. The SMILES string of the molecule is COc1ccc(-c2cnn(CC(F)(F)F)c2)c(N2CCC(COc3cc(C(CC(=O)O)C4CC4)ccn3)CC2)c1. The number of carbonyl (C=O) groups is 1. The molecular formula is C29H33F3N4O4. The zero-order chi connectivity index (χ0) is 28.3. The van der Waals surface area contributed by atoms with Gasteiger partial charge in [0.15, 0.2) is 0 Å². The lowest BCUT2D eigenvalue weighted by Crippen LogP contribution is -2.35. The molecule has 3 aromatic rings. The van der Waals surface area contributed by atoms with Gasteiger partial charge in [0, 0.05) is 54.4 Å². The van der Waals surface area contributed by atoms with Crippen molar-refractivity contribution in [3.8, 4) is 22.8 Å². The molecule has 3 heterocycles. The molecule has 1 N–H and O–H groups in total. The van der Waals surface area contributed by atoms with E-state index in [1.165, 1.54) is 12.4 Å². The molecule has 40 heavy (non-hydrogen) atoms. The summed E-state index contributed by atoms with van der Waals surface area (Å²) < 4.78 is 50.9. The average molecular weight is 559 g/mol. The van der Waals surface area contributed by atoms with Crippen molar-refractivity contribution in [2.24, 2.45) is 11.8 Å². The van der Waals surface area contributed by atoms with Crippen LogP contribution in [-0.4, -0.2) is 58.8 Å². The lowest BCUT2D eigenvalue weighted by molar-refractivity contribution is -0.142. The topological polar surface area (TPSA) is 89.7 Å². The van der Waals surface area contributed by atoms with Gasteiger partial charge in [0.25, 0.3) is 0 Å². The maximum atomic E-state index is 12.8. The fraction of sp³-hybridized carbons (Fsp3) is 0.483. The predicted molar refractivity (Wildman–Crippen MR) is 143 cm³/mol. The Kier molecular flexibility index (Phi) is 8.18. The summed E-state index contributed by atoms with van der Waals surface area (Å²) in [7, 11) is 1.58. The molecule has 0 amide bonds. The summed E-state index contributed by atoms with van der Waals surface area (Å²) in [4.78, 5) is 17.9. The molecule has 2 aliphatic rings. The second-order valence-corrected chi connectivity index (χ2v) is 10.6. The molecule has 0 radical (unpaired) electrons. The molecule has 1 saturated heterocycles. The first-order chi connectivity index (χ1) is 19.2. The predicted octanol–water partition coefficient (Wildman–Crippen LogP) is 5.78. The van der Waals surface area contributed by atoms with E-state index in [1.807, 2.05) is 24.3 Å². The minimum absolute atomic E-state index is 0.0104. The fourth-order valence-electron chi connectivity index (χ4n) is 5.44. The zero-order valence-electron chi connectivity index (χ0n) is 22.3. The summed E-state index contributed by atoms with van der Waals surface area (Å²) >= 11 is 0.